The summed E-state index contributed by atoms with van der Waals surface area (Å²) < 4.78 is 58.0. The highest BCUT2D eigenvalue weighted by Crippen LogP contribution is 2.32. The van der Waals surface area contributed by atoms with Crippen LogP contribution in [0.4, 0.5) is 29.3 Å². The Morgan fingerprint density at radius 2 is 1.97 bits per heavy atom. The molecule has 5 rings (SSSR count). The van der Waals surface area contributed by atoms with E-state index in [0.29, 0.717) is 46.1 Å². The molecular weight excluding hydrogens is 466 g/mol. The van der Waals surface area contributed by atoms with Crippen LogP contribution in [-0.4, -0.2) is 79.1 Å². The fourth-order valence-electron chi connectivity index (χ4n) is 4.50. The third-order valence-electron chi connectivity index (χ3n) is 6.26. The zero-order valence-corrected chi connectivity index (χ0v) is 19.4. The van der Waals surface area contributed by atoms with Crippen molar-refractivity contribution in [2.45, 2.75) is 38.8 Å². The van der Waals surface area contributed by atoms with Crippen molar-refractivity contribution in [1.82, 2.24) is 34.0 Å². The largest absolute Gasteiger partial charge is 0.371 e. The minimum Gasteiger partial charge on any atom is -0.371 e. The minimum atomic E-state index is -2.91. The molecule has 0 aromatic carbocycles. The monoisotopic (exact) mass is 491 g/mol. The van der Waals surface area contributed by atoms with Gasteiger partial charge in [0.2, 0.25) is 5.95 Å². The van der Waals surface area contributed by atoms with E-state index in [9.17, 15) is 17.6 Å². The highest BCUT2D eigenvalue weighted by molar-refractivity contribution is 5.89. The van der Waals surface area contributed by atoms with E-state index in [2.05, 4.69) is 30.7 Å². The van der Waals surface area contributed by atoms with Crippen LogP contribution < -0.4 is 10.6 Å². The summed E-state index contributed by atoms with van der Waals surface area (Å²) in [4.78, 5) is 15.0. The maximum Gasteiger partial charge on any atom is 0.281 e. The van der Waals surface area contributed by atoms with Crippen molar-refractivity contribution in [3.05, 3.63) is 30.2 Å². The molecular formula is C22H25F4N9. The average Bonchev–Trinajstić information content (AvgIpc) is 3.46. The van der Waals surface area contributed by atoms with E-state index in [1.54, 1.807) is 43.3 Å². The number of hydrogen-bond acceptors (Lipinski definition) is 7. The smallest absolute Gasteiger partial charge is 0.281 e. The van der Waals surface area contributed by atoms with E-state index in [0.717, 1.165) is 0 Å². The molecule has 0 aliphatic carbocycles. The van der Waals surface area contributed by atoms with Crippen molar-refractivity contribution in [3.63, 3.8) is 0 Å². The van der Waals surface area contributed by atoms with Crippen LogP contribution in [0.2, 0.25) is 0 Å². The number of likely N-dealkylation sites (tertiary alicyclic amines) is 1. The molecule has 35 heavy (non-hydrogen) atoms. The number of hydrogen-bond donors (Lipinski definition) is 2. The molecule has 1 aliphatic heterocycles. The lowest BCUT2D eigenvalue weighted by molar-refractivity contribution is 0.00429. The Kier molecular flexibility index (Phi) is 5.74. The number of fused-ring (bicyclic) bond motifs is 2. The Morgan fingerprint density at radius 3 is 2.66 bits per heavy atom. The summed E-state index contributed by atoms with van der Waals surface area (Å²) in [6, 6.07) is 4.14. The predicted molar refractivity (Wildman–Crippen MR) is 124 cm³/mol. The van der Waals surface area contributed by atoms with Crippen molar-refractivity contribution in [2.75, 3.05) is 37.3 Å². The molecule has 0 unspecified atom stereocenters. The maximum atomic E-state index is 14.5. The van der Waals surface area contributed by atoms with Gasteiger partial charge in [0, 0.05) is 25.4 Å². The minimum absolute atomic E-state index is 0.0701. The van der Waals surface area contributed by atoms with Crippen LogP contribution in [0, 0.1) is 6.92 Å². The predicted octanol–water partition coefficient (Wildman–Crippen LogP) is 3.51. The first-order chi connectivity index (χ1) is 16.7. The molecule has 9 nitrogen and oxygen atoms in total. The number of alkyl halides is 4. The van der Waals surface area contributed by atoms with Crippen LogP contribution in [0.3, 0.4) is 0 Å². The number of halogens is 4. The summed E-state index contributed by atoms with van der Waals surface area (Å²) in [6.45, 7) is 3.40. The van der Waals surface area contributed by atoms with Gasteiger partial charge in [-0.3, -0.25) is 4.90 Å². The van der Waals surface area contributed by atoms with Gasteiger partial charge in [-0.1, -0.05) is 6.92 Å². The van der Waals surface area contributed by atoms with Gasteiger partial charge in [-0.25, -0.2) is 32.0 Å². The van der Waals surface area contributed by atoms with Gasteiger partial charge in [-0.05, 0) is 31.7 Å². The molecule has 13 heteroatoms. The third-order valence-corrected chi connectivity index (χ3v) is 6.26. The number of aryl methyl sites for hydroxylation is 1. The van der Waals surface area contributed by atoms with Gasteiger partial charge in [-0.2, -0.15) is 4.98 Å². The second-order valence-corrected chi connectivity index (χ2v) is 8.54. The summed E-state index contributed by atoms with van der Waals surface area (Å²) in [5.41, 5.74) is 2.64. The van der Waals surface area contributed by atoms with Crippen molar-refractivity contribution >= 4 is 28.4 Å². The number of rotatable bonds is 7. The van der Waals surface area contributed by atoms with Gasteiger partial charge in [0.15, 0.2) is 11.5 Å². The van der Waals surface area contributed by atoms with E-state index in [1.807, 2.05) is 6.92 Å². The molecule has 4 aromatic rings. The topological polar surface area (TPSA) is 88.2 Å². The zero-order valence-electron chi connectivity index (χ0n) is 19.4. The van der Waals surface area contributed by atoms with Crippen molar-refractivity contribution < 1.29 is 17.6 Å². The second-order valence-electron chi connectivity index (χ2n) is 8.54. The van der Waals surface area contributed by atoms with Gasteiger partial charge in [0.1, 0.15) is 22.9 Å². The van der Waals surface area contributed by atoms with E-state index in [4.69, 9.17) is 0 Å². The molecule has 5 heterocycles. The normalized spacial score (nSPS) is 18.2. The molecule has 186 valence electrons. The quantitative estimate of drug-likeness (QED) is 0.383. The first kappa shape index (κ1) is 23.3. The van der Waals surface area contributed by atoms with Crippen LogP contribution in [-0.2, 0) is 6.54 Å². The van der Waals surface area contributed by atoms with E-state index >= 15 is 0 Å². The number of likely N-dealkylation sites (N-methyl/N-ethyl adjacent to an activating group) is 1. The summed E-state index contributed by atoms with van der Waals surface area (Å²) in [5, 5.41) is 10.2. The summed E-state index contributed by atoms with van der Waals surface area (Å²) in [5.74, 6) is -1.97. The van der Waals surface area contributed by atoms with E-state index in [1.165, 1.54) is 9.08 Å². The standard InChI is InChI=1S/C22H25F4N9/c1-4-33-9-16(22(25,26)11-33)30-21-31-19(27-3)18-13(7-8-35(18)32-21)14-5-6-15-20(29-14)34(10-17(23)24)12(2)28-15/h5-8,16-17H,4,9-11H2,1-3H3,(H2,27,30,31,32)/t16-/m1/s1. The number of imidazole rings is 1. The molecule has 0 amide bonds. The Hall–Kier alpha value is -3.48. The molecule has 2 N–H and O–H groups in total. The first-order valence-electron chi connectivity index (χ1n) is 11.3. The van der Waals surface area contributed by atoms with Gasteiger partial charge in [0.05, 0.1) is 18.8 Å². The Bertz CT molecular complexity index is 1380. The van der Waals surface area contributed by atoms with Crippen LogP contribution in [0.15, 0.2) is 24.4 Å². The van der Waals surface area contributed by atoms with Crippen LogP contribution >= 0.6 is 0 Å². The lowest BCUT2D eigenvalue weighted by Crippen LogP contribution is -2.38. The van der Waals surface area contributed by atoms with Gasteiger partial charge in [-0.15, -0.1) is 5.10 Å². The highest BCUT2D eigenvalue weighted by atomic mass is 19.3. The molecule has 0 radical (unpaired) electrons. The van der Waals surface area contributed by atoms with E-state index < -0.39 is 24.9 Å². The average molecular weight is 491 g/mol. The fourth-order valence-corrected chi connectivity index (χ4v) is 4.50. The summed E-state index contributed by atoms with van der Waals surface area (Å²) >= 11 is 0. The number of anilines is 2. The summed E-state index contributed by atoms with van der Waals surface area (Å²) in [7, 11) is 1.67. The van der Waals surface area contributed by atoms with Gasteiger partial charge in [0.25, 0.3) is 12.3 Å². The SMILES string of the molecule is CCN1C[C@@H](Nc2nc(NC)c3c(-c4ccc5nc(C)n(CC(F)F)c5n4)ccn3n2)C(F)(F)C1. The van der Waals surface area contributed by atoms with Crippen molar-refractivity contribution in [1.29, 1.82) is 0 Å². The van der Waals surface area contributed by atoms with E-state index in [-0.39, 0.29) is 19.0 Å². The summed E-state index contributed by atoms with van der Waals surface area (Å²) in [6.07, 6.45) is -0.865. The van der Waals surface area contributed by atoms with Crippen molar-refractivity contribution in [2.24, 2.45) is 0 Å². The van der Waals surface area contributed by atoms with Crippen LogP contribution in [0.5, 0.6) is 0 Å². The van der Waals surface area contributed by atoms with Crippen LogP contribution in [0.25, 0.3) is 27.9 Å². The van der Waals surface area contributed by atoms with Crippen molar-refractivity contribution in [3.8, 4) is 11.3 Å². The molecule has 0 saturated carbocycles. The number of aromatic nitrogens is 6. The molecule has 1 aliphatic rings. The molecule has 1 atom stereocenters. The Balaban J connectivity index is 1.54. The highest BCUT2D eigenvalue weighted by Gasteiger charge is 2.48. The lowest BCUT2D eigenvalue weighted by atomic mass is 10.2. The fraction of sp³-hybridized carbons (Fsp3) is 0.455. The Morgan fingerprint density at radius 1 is 1.17 bits per heavy atom. The number of pyridine rings is 1. The van der Waals surface area contributed by atoms with Crippen LogP contribution in [0.1, 0.15) is 12.7 Å². The third kappa shape index (κ3) is 4.13. The molecule has 1 saturated heterocycles. The molecule has 0 spiro atoms. The molecule has 1 fully saturated rings. The maximum absolute atomic E-state index is 14.5. The zero-order chi connectivity index (χ0) is 24.9. The Labute approximate surface area is 198 Å². The van der Waals surface area contributed by atoms with Gasteiger partial charge < -0.3 is 15.2 Å². The first-order valence-corrected chi connectivity index (χ1v) is 11.3. The number of nitrogens with one attached hydrogen (secondary N) is 2. The lowest BCUT2D eigenvalue weighted by Gasteiger charge is -2.19. The molecule has 4 aromatic heterocycles. The molecule has 0 bridgehead atoms. The second kappa shape index (κ2) is 8.63. The van der Waals surface area contributed by atoms with Gasteiger partial charge >= 0.3 is 0 Å². The number of nitrogens with zero attached hydrogens (tertiary/aromatic N) is 7.